The smallest absolute Gasteiger partial charge is 0.256 e. The van der Waals surface area contributed by atoms with Crippen molar-refractivity contribution in [1.82, 2.24) is 9.80 Å². The molecule has 0 aromatic heterocycles. The van der Waals surface area contributed by atoms with Gasteiger partial charge in [0.25, 0.3) is 5.91 Å². The van der Waals surface area contributed by atoms with Gasteiger partial charge in [0, 0.05) is 30.7 Å². The predicted molar refractivity (Wildman–Crippen MR) is 81.3 cm³/mol. The van der Waals surface area contributed by atoms with Gasteiger partial charge in [-0.05, 0) is 32.0 Å². The summed E-state index contributed by atoms with van der Waals surface area (Å²) in [7, 11) is 0. The second kappa shape index (κ2) is 6.12. The molecule has 112 valence electrons. The molecule has 1 amide bonds. The molecule has 0 N–H and O–H groups in total. The number of carbonyl (C=O) groups is 1. The van der Waals surface area contributed by atoms with Crippen LogP contribution in [0, 0.1) is 17.1 Å². The fraction of sp³-hybridized carbons (Fsp3) is 0.467. The molecule has 1 saturated heterocycles. The largest absolute Gasteiger partial charge is 0.336 e. The highest BCUT2D eigenvalue weighted by atomic mass is 79.9. The highest BCUT2D eigenvalue weighted by molar-refractivity contribution is 9.10. The molecule has 6 heteroatoms. The first kappa shape index (κ1) is 15.9. The van der Waals surface area contributed by atoms with Crippen LogP contribution >= 0.6 is 15.9 Å². The van der Waals surface area contributed by atoms with Gasteiger partial charge in [-0.3, -0.25) is 9.69 Å². The summed E-state index contributed by atoms with van der Waals surface area (Å²) in [5.74, 6) is -0.816. The van der Waals surface area contributed by atoms with E-state index in [2.05, 4.69) is 22.0 Å². The average molecular weight is 354 g/mol. The van der Waals surface area contributed by atoms with Crippen molar-refractivity contribution in [3.8, 4) is 6.07 Å². The summed E-state index contributed by atoms with van der Waals surface area (Å²) >= 11 is 3.18. The second-order valence-electron chi connectivity index (χ2n) is 5.57. The summed E-state index contributed by atoms with van der Waals surface area (Å²) in [6.07, 6.45) is 0. The molecule has 0 atom stereocenters. The van der Waals surface area contributed by atoms with Crippen LogP contribution < -0.4 is 0 Å². The predicted octanol–water partition coefficient (Wildman–Crippen LogP) is 2.65. The maximum absolute atomic E-state index is 13.8. The van der Waals surface area contributed by atoms with E-state index in [1.807, 2.05) is 18.7 Å². The Morgan fingerprint density at radius 2 is 1.95 bits per heavy atom. The zero-order chi connectivity index (χ0) is 15.6. The van der Waals surface area contributed by atoms with Crippen LogP contribution in [-0.2, 0) is 0 Å². The van der Waals surface area contributed by atoms with E-state index in [0.29, 0.717) is 30.7 Å². The molecule has 0 radical (unpaired) electrons. The lowest BCUT2D eigenvalue weighted by Crippen LogP contribution is -2.55. The first-order chi connectivity index (χ1) is 9.85. The van der Waals surface area contributed by atoms with Gasteiger partial charge in [-0.1, -0.05) is 15.9 Å². The topological polar surface area (TPSA) is 47.3 Å². The molecule has 0 spiro atoms. The minimum atomic E-state index is -0.544. The molecule has 2 rings (SSSR count). The maximum Gasteiger partial charge on any atom is 0.256 e. The van der Waals surface area contributed by atoms with E-state index in [9.17, 15) is 9.18 Å². The highest BCUT2D eigenvalue weighted by Gasteiger charge is 2.31. The summed E-state index contributed by atoms with van der Waals surface area (Å²) in [5.41, 5.74) is -0.455. The molecule has 1 aliphatic heterocycles. The van der Waals surface area contributed by atoms with Crippen LogP contribution in [0.25, 0.3) is 0 Å². The maximum atomic E-state index is 13.8. The Hall–Kier alpha value is -1.45. The minimum absolute atomic E-state index is 0.0891. The highest BCUT2D eigenvalue weighted by Crippen LogP contribution is 2.20. The van der Waals surface area contributed by atoms with Gasteiger partial charge in [0.15, 0.2) is 0 Å². The van der Waals surface area contributed by atoms with Crippen LogP contribution in [0.1, 0.15) is 24.2 Å². The van der Waals surface area contributed by atoms with Crippen molar-refractivity contribution in [2.24, 2.45) is 0 Å². The van der Waals surface area contributed by atoms with Gasteiger partial charge in [-0.2, -0.15) is 5.26 Å². The van der Waals surface area contributed by atoms with Crippen molar-refractivity contribution in [2.45, 2.75) is 19.4 Å². The zero-order valence-corrected chi connectivity index (χ0v) is 13.7. The first-order valence-corrected chi connectivity index (χ1v) is 7.55. The SMILES string of the molecule is CC(C)(C#N)N1CCN(C(=O)c2ccc(Br)cc2F)CC1. The lowest BCUT2D eigenvalue weighted by atomic mass is 10.0. The molecule has 1 aromatic rings. The number of amides is 1. The van der Waals surface area contributed by atoms with Crippen LogP contribution in [0.15, 0.2) is 22.7 Å². The Bertz CT molecular complexity index is 589. The molecule has 1 aliphatic rings. The van der Waals surface area contributed by atoms with Gasteiger partial charge in [-0.15, -0.1) is 0 Å². The zero-order valence-electron chi connectivity index (χ0n) is 12.1. The number of hydrogen-bond acceptors (Lipinski definition) is 3. The Balaban J connectivity index is 2.06. The molecular weight excluding hydrogens is 337 g/mol. The number of nitrogens with zero attached hydrogens (tertiary/aromatic N) is 3. The van der Waals surface area contributed by atoms with E-state index in [1.54, 1.807) is 11.0 Å². The van der Waals surface area contributed by atoms with E-state index >= 15 is 0 Å². The Morgan fingerprint density at radius 3 is 2.48 bits per heavy atom. The third-order valence-corrected chi connectivity index (χ3v) is 4.29. The van der Waals surface area contributed by atoms with Crippen molar-refractivity contribution in [1.29, 1.82) is 5.26 Å². The summed E-state index contributed by atoms with van der Waals surface area (Å²) in [6.45, 7) is 5.95. The van der Waals surface area contributed by atoms with Crippen LogP contribution in [0.4, 0.5) is 4.39 Å². The molecule has 21 heavy (non-hydrogen) atoms. The first-order valence-electron chi connectivity index (χ1n) is 6.76. The monoisotopic (exact) mass is 353 g/mol. The summed E-state index contributed by atoms with van der Waals surface area (Å²) < 4.78 is 14.5. The molecule has 0 aliphatic carbocycles. The number of carbonyl (C=O) groups excluding carboxylic acids is 1. The van der Waals surface area contributed by atoms with Crippen molar-refractivity contribution in [3.63, 3.8) is 0 Å². The van der Waals surface area contributed by atoms with Gasteiger partial charge in [-0.25, -0.2) is 4.39 Å². The third kappa shape index (κ3) is 3.42. The van der Waals surface area contributed by atoms with Crippen molar-refractivity contribution >= 4 is 21.8 Å². The molecule has 0 unspecified atom stereocenters. The van der Waals surface area contributed by atoms with Crippen LogP contribution in [0.3, 0.4) is 0 Å². The number of halogens is 2. The lowest BCUT2D eigenvalue weighted by Gasteiger charge is -2.40. The van der Waals surface area contributed by atoms with Crippen molar-refractivity contribution < 1.29 is 9.18 Å². The standard InChI is InChI=1S/C15H17BrFN3O/c1-15(2,10-18)20-7-5-19(6-8-20)14(21)12-4-3-11(16)9-13(12)17/h3-4,9H,5-8H2,1-2H3. The Kier molecular flexibility index (Phi) is 4.64. The fourth-order valence-corrected chi connectivity index (χ4v) is 2.71. The molecule has 1 aromatic carbocycles. The normalized spacial score (nSPS) is 16.6. The molecule has 0 bridgehead atoms. The number of hydrogen-bond donors (Lipinski definition) is 0. The molecule has 1 heterocycles. The van der Waals surface area contributed by atoms with E-state index < -0.39 is 11.4 Å². The van der Waals surface area contributed by atoms with Gasteiger partial charge < -0.3 is 4.90 Å². The van der Waals surface area contributed by atoms with Crippen LogP contribution in [-0.4, -0.2) is 47.4 Å². The van der Waals surface area contributed by atoms with E-state index in [0.717, 1.165) is 0 Å². The number of piperazine rings is 1. The second-order valence-corrected chi connectivity index (χ2v) is 6.49. The van der Waals surface area contributed by atoms with Crippen molar-refractivity contribution in [3.05, 3.63) is 34.1 Å². The molecule has 0 saturated carbocycles. The fourth-order valence-electron chi connectivity index (χ4n) is 2.37. The lowest BCUT2D eigenvalue weighted by molar-refractivity contribution is 0.0517. The van der Waals surface area contributed by atoms with Crippen LogP contribution in [0.2, 0.25) is 0 Å². The van der Waals surface area contributed by atoms with Gasteiger partial charge in [0.1, 0.15) is 11.4 Å². The van der Waals surface area contributed by atoms with E-state index in [1.165, 1.54) is 12.1 Å². The third-order valence-electron chi connectivity index (χ3n) is 3.79. The van der Waals surface area contributed by atoms with E-state index in [-0.39, 0.29) is 11.5 Å². The van der Waals surface area contributed by atoms with Crippen LogP contribution in [0.5, 0.6) is 0 Å². The summed E-state index contributed by atoms with van der Waals surface area (Å²) in [4.78, 5) is 16.0. The Morgan fingerprint density at radius 1 is 1.33 bits per heavy atom. The molecule has 4 nitrogen and oxygen atoms in total. The molecule has 1 fully saturated rings. The van der Waals surface area contributed by atoms with E-state index in [4.69, 9.17) is 5.26 Å². The molecular formula is C15H17BrFN3O. The Labute approximate surface area is 132 Å². The van der Waals surface area contributed by atoms with Gasteiger partial charge in [0.05, 0.1) is 11.6 Å². The average Bonchev–Trinajstić information content (AvgIpc) is 2.47. The number of nitriles is 1. The number of benzene rings is 1. The quantitative estimate of drug-likeness (QED) is 0.820. The van der Waals surface area contributed by atoms with Gasteiger partial charge in [0.2, 0.25) is 0 Å². The summed E-state index contributed by atoms with van der Waals surface area (Å²) in [6, 6.07) is 6.70. The van der Waals surface area contributed by atoms with Crippen molar-refractivity contribution in [2.75, 3.05) is 26.2 Å². The summed E-state index contributed by atoms with van der Waals surface area (Å²) in [5, 5.41) is 9.14. The minimum Gasteiger partial charge on any atom is -0.336 e. The number of rotatable bonds is 2. The van der Waals surface area contributed by atoms with Gasteiger partial charge >= 0.3 is 0 Å².